The van der Waals surface area contributed by atoms with Crippen LogP contribution in [0, 0.1) is 11.6 Å². The third kappa shape index (κ3) is 5.62. The van der Waals surface area contributed by atoms with Gasteiger partial charge in [-0.2, -0.15) is 4.31 Å². The summed E-state index contributed by atoms with van der Waals surface area (Å²) < 4.78 is 52.3. The van der Waals surface area contributed by atoms with Gasteiger partial charge in [0.15, 0.2) is 0 Å². The topological polar surface area (TPSA) is 95.7 Å². The summed E-state index contributed by atoms with van der Waals surface area (Å²) in [4.78, 5) is 14.1. The Kier molecular flexibility index (Phi) is 6.80. The molecule has 1 saturated heterocycles. The molecule has 0 spiro atoms. The molecule has 2 aromatic carbocycles. The predicted molar refractivity (Wildman–Crippen MR) is 111 cm³/mol. The number of nitrogens with zero attached hydrogens (tertiary/aromatic N) is 2. The summed E-state index contributed by atoms with van der Waals surface area (Å²) in [5, 5.41) is 3.42. The first-order valence-corrected chi connectivity index (χ1v) is 10.8. The molecule has 3 rings (SSSR count). The first-order chi connectivity index (χ1) is 14.2. The summed E-state index contributed by atoms with van der Waals surface area (Å²) >= 11 is 0. The number of nitrogens with one attached hydrogen (secondary N) is 1. The van der Waals surface area contributed by atoms with Gasteiger partial charge in [0.2, 0.25) is 15.9 Å². The zero-order valence-electron chi connectivity index (χ0n) is 16.0. The molecule has 1 aliphatic rings. The highest BCUT2D eigenvalue weighted by atomic mass is 32.2. The van der Waals surface area contributed by atoms with E-state index in [1.165, 1.54) is 40.7 Å². The fourth-order valence-corrected chi connectivity index (χ4v) is 4.18. The van der Waals surface area contributed by atoms with E-state index in [0.29, 0.717) is 18.8 Å². The Morgan fingerprint density at radius 2 is 1.50 bits per heavy atom. The minimum absolute atomic E-state index is 0.251. The van der Waals surface area contributed by atoms with E-state index in [9.17, 15) is 22.0 Å². The zero-order chi connectivity index (χ0) is 21.7. The van der Waals surface area contributed by atoms with Crippen molar-refractivity contribution >= 4 is 27.3 Å². The molecule has 1 unspecified atom stereocenters. The molecule has 1 heterocycles. The maximum absolute atomic E-state index is 13.0. The van der Waals surface area contributed by atoms with Gasteiger partial charge in [0.1, 0.15) is 17.7 Å². The van der Waals surface area contributed by atoms with E-state index in [1.807, 2.05) is 4.90 Å². The molecule has 0 saturated carbocycles. The van der Waals surface area contributed by atoms with E-state index in [1.54, 1.807) is 12.1 Å². The highest BCUT2D eigenvalue weighted by Crippen LogP contribution is 2.18. The predicted octanol–water partition coefficient (Wildman–Crippen LogP) is 1.90. The maximum atomic E-state index is 13.0. The van der Waals surface area contributed by atoms with Gasteiger partial charge in [0.05, 0.1) is 0 Å². The van der Waals surface area contributed by atoms with Crippen LogP contribution < -0.4 is 16.0 Å². The fourth-order valence-electron chi connectivity index (χ4n) is 2.97. The van der Waals surface area contributed by atoms with Crippen molar-refractivity contribution in [2.75, 3.05) is 36.4 Å². The van der Waals surface area contributed by atoms with Crippen LogP contribution >= 0.6 is 0 Å². The van der Waals surface area contributed by atoms with E-state index < -0.39 is 27.8 Å². The smallest absolute Gasteiger partial charge is 0.245 e. The van der Waals surface area contributed by atoms with Crippen molar-refractivity contribution in [3.05, 3.63) is 71.6 Å². The lowest BCUT2D eigenvalue weighted by molar-refractivity contribution is -0.116. The van der Waals surface area contributed by atoms with Crippen LogP contribution in [-0.4, -0.2) is 50.9 Å². The van der Waals surface area contributed by atoms with Gasteiger partial charge in [-0.3, -0.25) is 4.79 Å². The lowest BCUT2D eigenvalue weighted by Gasteiger charge is -2.34. The highest BCUT2D eigenvalue weighted by Gasteiger charge is 2.25. The third-order valence-corrected chi connectivity index (χ3v) is 6.25. The van der Waals surface area contributed by atoms with Crippen LogP contribution in [0.4, 0.5) is 20.2 Å². The molecular weight excluding hydrogens is 414 g/mol. The van der Waals surface area contributed by atoms with Crippen LogP contribution in [0.2, 0.25) is 0 Å². The summed E-state index contributed by atoms with van der Waals surface area (Å²) in [5.74, 6) is -1.39. The van der Waals surface area contributed by atoms with Crippen molar-refractivity contribution in [1.82, 2.24) is 4.31 Å². The number of hydrogen-bond donors (Lipinski definition) is 2. The number of hydrogen-bond acceptors (Lipinski definition) is 5. The first-order valence-electron chi connectivity index (χ1n) is 9.25. The van der Waals surface area contributed by atoms with Gasteiger partial charge < -0.3 is 16.0 Å². The number of carbonyl (C=O) groups is 1. The van der Waals surface area contributed by atoms with Crippen molar-refractivity contribution in [1.29, 1.82) is 0 Å². The lowest BCUT2D eigenvalue weighted by atomic mass is 10.2. The number of halogens is 2. The molecule has 0 aliphatic carbocycles. The Morgan fingerprint density at radius 3 is 2.07 bits per heavy atom. The normalized spacial score (nSPS) is 16.6. The van der Waals surface area contributed by atoms with Gasteiger partial charge in [-0.25, -0.2) is 17.2 Å². The summed E-state index contributed by atoms with van der Waals surface area (Å²) in [6.07, 6.45) is 1.11. The minimum atomic E-state index is -3.75. The molecular formula is C20H22F2N4O3S. The van der Waals surface area contributed by atoms with Crippen LogP contribution in [-0.2, 0) is 14.8 Å². The number of rotatable bonds is 6. The highest BCUT2D eigenvalue weighted by molar-refractivity contribution is 7.92. The van der Waals surface area contributed by atoms with Gasteiger partial charge in [-0.05, 0) is 54.6 Å². The number of piperazine rings is 1. The fraction of sp³-hybridized carbons (Fsp3) is 0.250. The van der Waals surface area contributed by atoms with Crippen molar-refractivity contribution in [2.24, 2.45) is 5.73 Å². The Balaban J connectivity index is 1.55. The van der Waals surface area contributed by atoms with Crippen molar-refractivity contribution < 1.29 is 22.0 Å². The Bertz CT molecular complexity index is 1000. The monoisotopic (exact) mass is 436 g/mol. The molecule has 0 bridgehead atoms. The molecule has 2 aromatic rings. The number of anilines is 2. The Morgan fingerprint density at radius 1 is 0.967 bits per heavy atom. The van der Waals surface area contributed by atoms with E-state index in [0.717, 1.165) is 17.2 Å². The number of nitrogens with two attached hydrogens (primary N) is 1. The molecule has 10 heteroatoms. The third-order valence-electron chi connectivity index (χ3n) is 4.66. The molecule has 160 valence electrons. The summed E-state index contributed by atoms with van der Waals surface area (Å²) in [6.45, 7) is 1.41. The van der Waals surface area contributed by atoms with E-state index in [2.05, 4.69) is 5.32 Å². The molecule has 1 atom stereocenters. The molecule has 3 N–H and O–H groups in total. The molecule has 1 fully saturated rings. The van der Waals surface area contributed by atoms with Crippen LogP contribution in [0.5, 0.6) is 0 Å². The van der Waals surface area contributed by atoms with Crippen LogP contribution in [0.3, 0.4) is 0 Å². The molecule has 0 aromatic heterocycles. The number of sulfonamides is 1. The maximum Gasteiger partial charge on any atom is 0.245 e. The van der Waals surface area contributed by atoms with Crippen LogP contribution in [0.1, 0.15) is 0 Å². The van der Waals surface area contributed by atoms with Gasteiger partial charge in [-0.15, -0.1) is 0 Å². The van der Waals surface area contributed by atoms with Crippen LogP contribution in [0.15, 0.2) is 60.0 Å². The number of amides is 1. The second-order valence-corrected chi connectivity index (χ2v) is 8.58. The summed E-state index contributed by atoms with van der Waals surface area (Å²) in [7, 11) is -3.75. The zero-order valence-corrected chi connectivity index (χ0v) is 16.9. The second kappa shape index (κ2) is 9.33. The van der Waals surface area contributed by atoms with Crippen molar-refractivity contribution in [2.45, 2.75) is 6.04 Å². The van der Waals surface area contributed by atoms with Crippen molar-refractivity contribution in [3.63, 3.8) is 0 Å². The van der Waals surface area contributed by atoms with Crippen molar-refractivity contribution in [3.8, 4) is 0 Å². The SMILES string of the molecule is NC(C=CS(=O)(=O)N1CCN(c2ccc(F)cc2)CC1)C(=O)Nc1ccc(F)cc1. The van der Waals surface area contributed by atoms with E-state index in [4.69, 9.17) is 5.73 Å². The standard InChI is InChI=1S/C20H22F2N4O3S/c21-15-1-5-17(6-2-15)24-20(27)19(23)9-14-30(28,29)26-12-10-25(11-13-26)18-7-3-16(22)4-8-18/h1-9,14,19H,10-13,23H2,(H,24,27). The van der Waals surface area contributed by atoms with Gasteiger partial charge in [0.25, 0.3) is 0 Å². The van der Waals surface area contributed by atoms with Gasteiger partial charge >= 0.3 is 0 Å². The lowest BCUT2D eigenvalue weighted by Crippen LogP contribution is -2.48. The number of benzene rings is 2. The Hall–Kier alpha value is -2.82. The molecule has 7 nitrogen and oxygen atoms in total. The number of carbonyl (C=O) groups excluding carboxylic acids is 1. The Labute approximate surface area is 173 Å². The summed E-state index contributed by atoms with van der Waals surface area (Å²) in [5.41, 5.74) is 6.92. The van der Waals surface area contributed by atoms with E-state index >= 15 is 0 Å². The minimum Gasteiger partial charge on any atom is -0.369 e. The average molecular weight is 436 g/mol. The molecule has 1 aliphatic heterocycles. The van der Waals surface area contributed by atoms with Gasteiger partial charge in [-0.1, -0.05) is 0 Å². The quantitative estimate of drug-likeness (QED) is 0.721. The largest absolute Gasteiger partial charge is 0.369 e. The molecule has 0 radical (unpaired) electrons. The molecule has 1 amide bonds. The van der Waals surface area contributed by atoms with Crippen LogP contribution in [0.25, 0.3) is 0 Å². The summed E-state index contributed by atoms with van der Waals surface area (Å²) in [6, 6.07) is 9.96. The molecule has 30 heavy (non-hydrogen) atoms. The first kappa shape index (κ1) is 21.9. The van der Waals surface area contributed by atoms with Gasteiger partial charge in [0, 0.05) is 43.0 Å². The average Bonchev–Trinajstić information content (AvgIpc) is 2.74. The second-order valence-electron chi connectivity index (χ2n) is 6.76. The van der Waals surface area contributed by atoms with E-state index in [-0.39, 0.29) is 18.9 Å².